The molecule has 134 valence electrons. The van der Waals surface area contributed by atoms with Crippen molar-refractivity contribution in [2.45, 2.75) is 26.4 Å². The summed E-state index contributed by atoms with van der Waals surface area (Å²) in [7, 11) is 0. The molecule has 1 aliphatic rings. The summed E-state index contributed by atoms with van der Waals surface area (Å²) in [5, 5.41) is 4.80. The van der Waals surface area contributed by atoms with E-state index in [0.717, 1.165) is 24.3 Å². The Kier molecular flexibility index (Phi) is 5.71. The van der Waals surface area contributed by atoms with Gasteiger partial charge in [-0.15, -0.1) is 0 Å². The SMILES string of the molecule is Cc1c(Cl)cnn1CCC(=O)N1CCN(Cc2cccc(F)c2)CC1. The van der Waals surface area contributed by atoms with Crippen molar-refractivity contribution in [3.05, 3.63) is 52.6 Å². The molecule has 3 rings (SSSR count). The minimum Gasteiger partial charge on any atom is -0.340 e. The van der Waals surface area contributed by atoms with E-state index in [1.807, 2.05) is 17.9 Å². The Morgan fingerprint density at radius 1 is 1.28 bits per heavy atom. The topological polar surface area (TPSA) is 41.4 Å². The molecule has 25 heavy (non-hydrogen) atoms. The van der Waals surface area contributed by atoms with Gasteiger partial charge in [-0.25, -0.2) is 4.39 Å². The molecule has 1 aromatic carbocycles. The van der Waals surface area contributed by atoms with Crippen LogP contribution >= 0.6 is 11.6 Å². The number of rotatable bonds is 5. The predicted octanol–water partition coefficient (Wildman–Crippen LogP) is 2.72. The number of halogens is 2. The van der Waals surface area contributed by atoms with Gasteiger partial charge in [-0.3, -0.25) is 14.4 Å². The zero-order valence-corrected chi connectivity index (χ0v) is 15.0. The number of piperazine rings is 1. The lowest BCUT2D eigenvalue weighted by Gasteiger charge is -2.34. The van der Waals surface area contributed by atoms with Crippen LogP contribution in [0.25, 0.3) is 0 Å². The quantitative estimate of drug-likeness (QED) is 0.819. The van der Waals surface area contributed by atoms with E-state index in [1.165, 1.54) is 6.07 Å². The van der Waals surface area contributed by atoms with Gasteiger partial charge in [0.05, 0.1) is 23.5 Å². The molecule has 1 amide bonds. The van der Waals surface area contributed by atoms with E-state index >= 15 is 0 Å². The van der Waals surface area contributed by atoms with Crippen LogP contribution in [0.2, 0.25) is 5.02 Å². The number of hydrogen-bond donors (Lipinski definition) is 0. The van der Waals surface area contributed by atoms with Crippen molar-refractivity contribution in [1.29, 1.82) is 0 Å². The van der Waals surface area contributed by atoms with Gasteiger partial charge in [0, 0.05) is 39.1 Å². The second-order valence-corrected chi connectivity index (χ2v) is 6.75. The molecular weight excluding hydrogens is 343 g/mol. The van der Waals surface area contributed by atoms with Gasteiger partial charge >= 0.3 is 0 Å². The summed E-state index contributed by atoms with van der Waals surface area (Å²) < 4.78 is 15.0. The minimum atomic E-state index is -0.208. The average Bonchev–Trinajstić information content (AvgIpc) is 2.92. The van der Waals surface area contributed by atoms with Crippen LogP contribution in [0.4, 0.5) is 4.39 Å². The maximum atomic E-state index is 13.3. The molecular formula is C18H22ClFN4O. The van der Waals surface area contributed by atoms with Crippen LogP contribution in [0.15, 0.2) is 30.5 Å². The van der Waals surface area contributed by atoms with E-state index in [2.05, 4.69) is 10.00 Å². The maximum Gasteiger partial charge on any atom is 0.224 e. The highest BCUT2D eigenvalue weighted by molar-refractivity contribution is 6.31. The number of aryl methyl sites for hydroxylation is 1. The number of carbonyl (C=O) groups is 1. The molecule has 5 nitrogen and oxygen atoms in total. The lowest BCUT2D eigenvalue weighted by molar-refractivity contribution is -0.133. The number of hydrogen-bond acceptors (Lipinski definition) is 3. The monoisotopic (exact) mass is 364 g/mol. The molecule has 0 bridgehead atoms. The summed E-state index contributed by atoms with van der Waals surface area (Å²) in [6, 6.07) is 6.68. The van der Waals surface area contributed by atoms with E-state index in [4.69, 9.17) is 11.6 Å². The fraction of sp³-hybridized carbons (Fsp3) is 0.444. The smallest absolute Gasteiger partial charge is 0.224 e. The van der Waals surface area contributed by atoms with Crippen LogP contribution in [0.3, 0.4) is 0 Å². The maximum absolute atomic E-state index is 13.3. The van der Waals surface area contributed by atoms with Crippen molar-refractivity contribution < 1.29 is 9.18 Å². The molecule has 1 aromatic heterocycles. The first kappa shape index (κ1) is 17.9. The molecule has 0 aliphatic carbocycles. The Labute approximate surface area is 152 Å². The zero-order valence-electron chi connectivity index (χ0n) is 14.3. The summed E-state index contributed by atoms with van der Waals surface area (Å²) in [5.74, 6) is -0.0724. The van der Waals surface area contributed by atoms with E-state index in [0.29, 0.717) is 37.6 Å². The Bertz CT molecular complexity index is 740. The highest BCUT2D eigenvalue weighted by Gasteiger charge is 2.21. The summed E-state index contributed by atoms with van der Waals surface area (Å²) >= 11 is 5.98. The van der Waals surface area contributed by atoms with Gasteiger partial charge in [-0.05, 0) is 24.6 Å². The summed E-state index contributed by atoms with van der Waals surface area (Å²) in [4.78, 5) is 16.5. The summed E-state index contributed by atoms with van der Waals surface area (Å²) in [6.45, 7) is 6.15. The van der Waals surface area contributed by atoms with Crippen molar-refractivity contribution in [2.24, 2.45) is 0 Å². The van der Waals surface area contributed by atoms with Gasteiger partial charge in [0.2, 0.25) is 5.91 Å². The molecule has 0 spiro atoms. The number of amides is 1. The Balaban J connectivity index is 1.45. The van der Waals surface area contributed by atoms with E-state index < -0.39 is 0 Å². The lowest BCUT2D eigenvalue weighted by atomic mass is 10.2. The summed E-state index contributed by atoms with van der Waals surface area (Å²) in [6.07, 6.45) is 2.02. The Hall–Kier alpha value is -1.92. The Morgan fingerprint density at radius 3 is 2.68 bits per heavy atom. The normalized spacial score (nSPS) is 15.6. The van der Waals surface area contributed by atoms with E-state index in [9.17, 15) is 9.18 Å². The fourth-order valence-electron chi connectivity index (χ4n) is 3.06. The molecule has 1 fully saturated rings. The van der Waals surface area contributed by atoms with Crippen LogP contribution < -0.4 is 0 Å². The third-order valence-electron chi connectivity index (χ3n) is 4.60. The molecule has 0 radical (unpaired) electrons. The fourth-order valence-corrected chi connectivity index (χ4v) is 3.20. The third-order valence-corrected chi connectivity index (χ3v) is 4.97. The first-order valence-electron chi connectivity index (χ1n) is 8.45. The second-order valence-electron chi connectivity index (χ2n) is 6.34. The molecule has 7 heteroatoms. The lowest BCUT2D eigenvalue weighted by Crippen LogP contribution is -2.48. The van der Waals surface area contributed by atoms with Crippen LogP contribution in [-0.4, -0.2) is 51.7 Å². The van der Waals surface area contributed by atoms with Crippen LogP contribution in [0.5, 0.6) is 0 Å². The van der Waals surface area contributed by atoms with E-state index in [-0.39, 0.29) is 11.7 Å². The number of carbonyl (C=O) groups excluding carboxylic acids is 1. The van der Waals surface area contributed by atoms with Crippen molar-refractivity contribution in [3.63, 3.8) is 0 Å². The van der Waals surface area contributed by atoms with Crippen molar-refractivity contribution >= 4 is 17.5 Å². The van der Waals surface area contributed by atoms with Gasteiger partial charge < -0.3 is 4.90 Å². The van der Waals surface area contributed by atoms with Gasteiger partial charge in [0.25, 0.3) is 0 Å². The van der Waals surface area contributed by atoms with Crippen molar-refractivity contribution in [1.82, 2.24) is 19.6 Å². The largest absolute Gasteiger partial charge is 0.340 e. The highest BCUT2D eigenvalue weighted by atomic mass is 35.5. The molecule has 0 N–H and O–H groups in total. The number of nitrogens with zero attached hydrogens (tertiary/aromatic N) is 4. The Morgan fingerprint density at radius 2 is 2.04 bits per heavy atom. The predicted molar refractivity (Wildman–Crippen MR) is 94.8 cm³/mol. The first-order valence-corrected chi connectivity index (χ1v) is 8.83. The second kappa shape index (κ2) is 7.97. The van der Waals surface area contributed by atoms with Crippen molar-refractivity contribution in [2.75, 3.05) is 26.2 Å². The van der Waals surface area contributed by atoms with Crippen molar-refractivity contribution in [3.8, 4) is 0 Å². The van der Waals surface area contributed by atoms with Gasteiger partial charge in [-0.1, -0.05) is 23.7 Å². The van der Waals surface area contributed by atoms with Gasteiger partial charge in [0.1, 0.15) is 5.82 Å². The standard InChI is InChI=1S/C18H22ClFN4O/c1-14-17(19)12-21-24(14)6-5-18(25)23-9-7-22(8-10-23)13-15-3-2-4-16(20)11-15/h2-4,11-12H,5-10,13H2,1H3. The van der Waals surface area contributed by atoms with Gasteiger partial charge in [0.15, 0.2) is 0 Å². The molecule has 1 saturated heterocycles. The first-order chi connectivity index (χ1) is 12.0. The molecule has 2 aromatic rings. The highest BCUT2D eigenvalue weighted by Crippen LogP contribution is 2.14. The molecule has 0 atom stereocenters. The summed E-state index contributed by atoms with van der Waals surface area (Å²) in [5.41, 5.74) is 1.85. The number of aromatic nitrogens is 2. The average molecular weight is 365 g/mol. The van der Waals surface area contributed by atoms with Crippen LogP contribution in [0, 0.1) is 12.7 Å². The van der Waals surface area contributed by atoms with Crippen LogP contribution in [-0.2, 0) is 17.9 Å². The van der Waals surface area contributed by atoms with Crippen LogP contribution in [0.1, 0.15) is 17.7 Å². The van der Waals surface area contributed by atoms with E-state index in [1.54, 1.807) is 23.0 Å². The molecule has 0 unspecified atom stereocenters. The third kappa shape index (κ3) is 4.58. The molecule has 1 aliphatic heterocycles. The number of benzene rings is 1. The zero-order chi connectivity index (χ0) is 17.8. The van der Waals surface area contributed by atoms with Gasteiger partial charge in [-0.2, -0.15) is 5.10 Å². The molecule has 0 saturated carbocycles. The minimum absolute atomic E-state index is 0.136. The molecule has 2 heterocycles.